The van der Waals surface area contributed by atoms with Gasteiger partial charge in [0.25, 0.3) is 11.6 Å². The standard InChI is InChI=1S/C20H24N2O6/c1-13(2)12-28-18-9-6-15(10-19(18)27-3)20(24)21-11-17(23)14-4-7-16(8-5-14)22(25)26/h4-10,13,17,23H,11-12H2,1-3H3,(H,21,24). The summed E-state index contributed by atoms with van der Waals surface area (Å²) in [4.78, 5) is 22.5. The zero-order chi connectivity index (χ0) is 20.7. The molecule has 2 aromatic carbocycles. The Hall–Kier alpha value is -3.13. The SMILES string of the molecule is COc1cc(C(=O)NCC(O)c2ccc([N+](=O)[O-])cc2)ccc1OCC(C)C. The van der Waals surface area contributed by atoms with Gasteiger partial charge >= 0.3 is 0 Å². The molecule has 0 fully saturated rings. The fraction of sp³-hybridized carbons (Fsp3) is 0.350. The predicted molar refractivity (Wildman–Crippen MR) is 104 cm³/mol. The first-order valence-corrected chi connectivity index (χ1v) is 8.83. The number of rotatable bonds is 9. The summed E-state index contributed by atoms with van der Waals surface area (Å²) in [5.41, 5.74) is 0.775. The van der Waals surface area contributed by atoms with Gasteiger partial charge in [0.2, 0.25) is 0 Å². The lowest BCUT2D eigenvalue weighted by Gasteiger charge is -2.15. The van der Waals surface area contributed by atoms with Crippen molar-refractivity contribution in [2.24, 2.45) is 5.92 Å². The molecular formula is C20H24N2O6. The number of non-ortho nitro benzene ring substituents is 1. The fourth-order valence-corrected chi connectivity index (χ4v) is 2.41. The van der Waals surface area contributed by atoms with E-state index in [0.717, 1.165) is 0 Å². The van der Waals surface area contributed by atoms with Crippen LogP contribution in [0.1, 0.15) is 35.9 Å². The Morgan fingerprint density at radius 3 is 2.43 bits per heavy atom. The number of nitro groups is 1. The zero-order valence-corrected chi connectivity index (χ0v) is 16.0. The van der Waals surface area contributed by atoms with Crippen LogP contribution >= 0.6 is 0 Å². The molecule has 1 amide bonds. The number of carbonyl (C=O) groups excluding carboxylic acids is 1. The van der Waals surface area contributed by atoms with Gasteiger partial charge in [-0.3, -0.25) is 14.9 Å². The van der Waals surface area contributed by atoms with Crippen LogP contribution in [0.4, 0.5) is 5.69 Å². The van der Waals surface area contributed by atoms with Crippen molar-refractivity contribution in [3.05, 3.63) is 63.7 Å². The molecule has 1 unspecified atom stereocenters. The van der Waals surface area contributed by atoms with E-state index in [-0.39, 0.29) is 18.1 Å². The number of ether oxygens (including phenoxy) is 2. The number of hydrogen-bond donors (Lipinski definition) is 2. The van der Waals surface area contributed by atoms with E-state index in [1.807, 2.05) is 13.8 Å². The van der Waals surface area contributed by atoms with Crippen molar-refractivity contribution in [3.8, 4) is 11.5 Å². The van der Waals surface area contributed by atoms with Gasteiger partial charge in [-0.2, -0.15) is 0 Å². The first-order chi connectivity index (χ1) is 13.3. The second kappa shape index (κ2) is 9.70. The van der Waals surface area contributed by atoms with Crippen LogP contribution in [0.25, 0.3) is 0 Å². The third-order valence-electron chi connectivity index (χ3n) is 3.94. The number of carbonyl (C=O) groups is 1. The monoisotopic (exact) mass is 388 g/mol. The number of nitro benzene ring substituents is 1. The maximum Gasteiger partial charge on any atom is 0.269 e. The summed E-state index contributed by atoms with van der Waals surface area (Å²) in [6, 6.07) is 10.4. The molecule has 150 valence electrons. The van der Waals surface area contributed by atoms with E-state index in [4.69, 9.17) is 9.47 Å². The number of nitrogens with one attached hydrogen (secondary N) is 1. The molecule has 0 bridgehead atoms. The second-order valence-corrected chi connectivity index (χ2v) is 6.64. The van der Waals surface area contributed by atoms with Gasteiger partial charge < -0.3 is 19.9 Å². The Labute approximate surface area is 163 Å². The molecule has 0 aliphatic heterocycles. The Bertz CT molecular complexity index is 820. The Kier molecular flexibility index (Phi) is 7.34. The molecular weight excluding hydrogens is 364 g/mol. The van der Waals surface area contributed by atoms with Gasteiger partial charge in [-0.25, -0.2) is 0 Å². The maximum atomic E-state index is 12.4. The highest BCUT2D eigenvalue weighted by Crippen LogP contribution is 2.28. The van der Waals surface area contributed by atoms with E-state index < -0.39 is 11.0 Å². The van der Waals surface area contributed by atoms with E-state index in [0.29, 0.717) is 35.2 Å². The van der Waals surface area contributed by atoms with Crippen LogP contribution in [0.2, 0.25) is 0 Å². The van der Waals surface area contributed by atoms with Crippen molar-refractivity contribution < 1.29 is 24.3 Å². The van der Waals surface area contributed by atoms with E-state index >= 15 is 0 Å². The Balaban J connectivity index is 1.99. The van der Waals surface area contributed by atoms with Gasteiger partial charge in [-0.05, 0) is 41.8 Å². The highest BCUT2D eigenvalue weighted by Gasteiger charge is 2.15. The number of hydrogen-bond acceptors (Lipinski definition) is 6. The number of amides is 1. The van der Waals surface area contributed by atoms with Gasteiger partial charge in [-0.15, -0.1) is 0 Å². The van der Waals surface area contributed by atoms with Gasteiger partial charge in [0.1, 0.15) is 0 Å². The van der Waals surface area contributed by atoms with Crippen LogP contribution in [0.3, 0.4) is 0 Å². The quantitative estimate of drug-likeness (QED) is 0.504. The molecule has 8 nitrogen and oxygen atoms in total. The van der Waals surface area contributed by atoms with E-state index in [1.165, 1.54) is 31.4 Å². The van der Waals surface area contributed by atoms with Crippen LogP contribution in [0.5, 0.6) is 11.5 Å². The normalized spacial score (nSPS) is 11.8. The van der Waals surface area contributed by atoms with Crippen molar-refractivity contribution in [1.82, 2.24) is 5.32 Å². The smallest absolute Gasteiger partial charge is 0.269 e. The summed E-state index contributed by atoms with van der Waals surface area (Å²) in [5.74, 6) is 0.978. The first-order valence-electron chi connectivity index (χ1n) is 8.83. The molecule has 0 saturated carbocycles. The number of aliphatic hydroxyl groups excluding tert-OH is 1. The molecule has 0 aliphatic rings. The molecule has 8 heteroatoms. The number of methoxy groups -OCH3 is 1. The van der Waals surface area contributed by atoms with Crippen LogP contribution in [0.15, 0.2) is 42.5 Å². The summed E-state index contributed by atoms with van der Waals surface area (Å²) in [5, 5.41) is 23.5. The minimum absolute atomic E-state index is 0.0371. The summed E-state index contributed by atoms with van der Waals surface area (Å²) in [6.45, 7) is 4.56. The average Bonchev–Trinajstić information content (AvgIpc) is 2.69. The van der Waals surface area contributed by atoms with Crippen molar-refractivity contribution >= 4 is 11.6 Å². The maximum absolute atomic E-state index is 12.4. The van der Waals surface area contributed by atoms with Crippen LogP contribution < -0.4 is 14.8 Å². The molecule has 2 rings (SSSR count). The highest BCUT2D eigenvalue weighted by atomic mass is 16.6. The van der Waals surface area contributed by atoms with Gasteiger partial charge in [-0.1, -0.05) is 13.8 Å². The van der Waals surface area contributed by atoms with Crippen LogP contribution in [-0.4, -0.2) is 36.2 Å². The van der Waals surface area contributed by atoms with Gasteiger partial charge in [0.15, 0.2) is 11.5 Å². The van der Waals surface area contributed by atoms with Crippen molar-refractivity contribution in [3.63, 3.8) is 0 Å². The van der Waals surface area contributed by atoms with E-state index in [1.54, 1.807) is 18.2 Å². The molecule has 0 spiro atoms. The number of nitrogens with zero attached hydrogens (tertiary/aromatic N) is 1. The van der Waals surface area contributed by atoms with E-state index in [2.05, 4.69) is 5.32 Å². The first kappa shape index (κ1) is 21.2. The van der Waals surface area contributed by atoms with Crippen molar-refractivity contribution in [2.45, 2.75) is 20.0 Å². The Morgan fingerprint density at radius 1 is 1.18 bits per heavy atom. The lowest BCUT2D eigenvalue weighted by Crippen LogP contribution is -2.28. The van der Waals surface area contributed by atoms with Crippen LogP contribution in [-0.2, 0) is 0 Å². The third kappa shape index (κ3) is 5.68. The molecule has 1 atom stereocenters. The second-order valence-electron chi connectivity index (χ2n) is 6.64. The molecule has 0 saturated heterocycles. The predicted octanol–water partition coefficient (Wildman–Crippen LogP) is 3.10. The van der Waals surface area contributed by atoms with E-state index in [9.17, 15) is 20.0 Å². The molecule has 28 heavy (non-hydrogen) atoms. The largest absolute Gasteiger partial charge is 0.493 e. The number of aliphatic hydroxyl groups is 1. The fourth-order valence-electron chi connectivity index (χ4n) is 2.41. The molecule has 2 N–H and O–H groups in total. The molecule has 0 aliphatic carbocycles. The van der Waals surface area contributed by atoms with Crippen molar-refractivity contribution in [1.29, 1.82) is 0 Å². The molecule has 2 aromatic rings. The minimum atomic E-state index is -0.986. The van der Waals surface area contributed by atoms with Crippen LogP contribution in [0, 0.1) is 16.0 Å². The lowest BCUT2D eigenvalue weighted by atomic mass is 10.1. The lowest BCUT2D eigenvalue weighted by molar-refractivity contribution is -0.384. The van der Waals surface area contributed by atoms with Gasteiger partial charge in [0.05, 0.1) is 24.7 Å². The molecule has 0 radical (unpaired) electrons. The summed E-state index contributed by atoms with van der Waals surface area (Å²) in [6.07, 6.45) is -0.986. The third-order valence-corrected chi connectivity index (χ3v) is 3.94. The zero-order valence-electron chi connectivity index (χ0n) is 16.0. The number of benzene rings is 2. The molecule has 0 aromatic heterocycles. The highest BCUT2D eigenvalue weighted by molar-refractivity contribution is 5.94. The van der Waals surface area contributed by atoms with Gasteiger partial charge in [0, 0.05) is 24.2 Å². The van der Waals surface area contributed by atoms with Crippen molar-refractivity contribution in [2.75, 3.05) is 20.3 Å². The summed E-state index contributed by atoms with van der Waals surface area (Å²) >= 11 is 0. The summed E-state index contributed by atoms with van der Waals surface area (Å²) < 4.78 is 10.9. The minimum Gasteiger partial charge on any atom is -0.493 e. The average molecular weight is 388 g/mol. The Morgan fingerprint density at radius 2 is 1.86 bits per heavy atom. The molecule has 0 heterocycles. The summed E-state index contributed by atoms with van der Waals surface area (Å²) in [7, 11) is 1.50. The topological polar surface area (TPSA) is 111 Å².